The van der Waals surface area contributed by atoms with Crippen LogP contribution in [-0.2, 0) is 4.79 Å². The van der Waals surface area contributed by atoms with Gasteiger partial charge in [-0.05, 0) is 25.3 Å². The molecular weight excluding hydrogens is 192 g/mol. The van der Waals surface area contributed by atoms with Crippen LogP contribution in [0.4, 0.5) is 0 Å². The van der Waals surface area contributed by atoms with Crippen LogP contribution in [0.1, 0.15) is 26.2 Å². The van der Waals surface area contributed by atoms with Gasteiger partial charge in [0.05, 0.1) is 0 Å². The van der Waals surface area contributed by atoms with Gasteiger partial charge in [0.1, 0.15) is 0 Å². The van der Waals surface area contributed by atoms with Crippen molar-refractivity contribution in [2.75, 3.05) is 32.8 Å². The number of carbonyl (C=O) groups excluding carboxylic acids is 1. The zero-order valence-corrected chi connectivity index (χ0v) is 9.54. The minimum absolute atomic E-state index is 0.201. The van der Waals surface area contributed by atoms with E-state index in [0.717, 1.165) is 39.0 Å². The molecule has 1 atom stereocenters. The lowest BCUT2D eigenvalue weighted by Gasteiger charge is -2.15. The second kappa shape index (κ2) is 6.80. The van der Waals surface area contributed by atoms with Gasteiger partial charge in [0.15, 0.2) is 0 Å². The van der Waals surface area contributed by atoms with Crippen molar-refractivity contribution in [1.82, 2.24) is 10.2 Å². The van der Waals surface area contributed by atoms with Crippen LogP contribution < -0.4 is 5.32 Å². The third kappa shape index (κ3) is 4.62. The van der Waals surface area contributed by atoms with Gasteiger partial charge in [0.25, 0.3) is 0 Å². The molecule has 1 heterocycles. The van der Waals surface area contributed by atoms with Crippen LogP contribution in [-0.4, -0.2) is 48.7 Å². The Morgan fingerprint density at radius 1 is 1.47 bits per heavy atom. The minimum atomic E-state index is 0.201. The van der Waals surface area contributed by atoms with Gasteiger partial charge >= 0.3 is 0 Å². The Bertz CT molecular complexity index is 191. The Morgan fingerprint density at radius 2 is 2.13 bits per heavy atom. The minimum Gasteiger partial charge on any atom is -0.396 e. The van der Waals surface area contributed by atoms with Gasteiger partial charge in [-0.3, -0.25) is 4.79 Å². The van der Waals surface area contributed by atoms with Crippen LogP contribution in [0.3, 0.4) is 0 Å². The summed E-state index contributed by atoms with van der Waals surface area (Å²) in [6, 6.07) is 0. The zero-order valence-electron chi connectivity index (χ0n) is 9.54. The molecule has 1 aliphatic rings. The van der Waals surface area contributed by atoms with Crippen molar-refractivity contribution >= 4 is 5.91 Å². The number of rotatable bonds is 6. The van der Waals surface area contributed by atoms with Gasteiger partial charge in [-0.1, -0.05) is 6.92 Å². The highest BCUT2D eigenvalue weighted by Crippen LogP contribution is 2.08. The van der Waals surface area contributed by atoms with E-state index >= 15 is 0 Å². The van der Waals surface area contributed by atoms with Crippen molar-refractivity contribution < 1.29 is 9.90 Å². The number of aliphatic hydroxyl groups is 1. The molecule has 1 unspecified atom stereocenters. The van der Waals surface area contributed by atoms with E-state index in [1.54, 1.807) is 0 Å². The summed E-state index contributed by atoms with van der Waals surface area (Å²) in [7, 11) is 0. The molecule has 1 rings (SSSR count). The topological polar surface area (TPSA) is 52.6 Å². The molecule has 1 saturated heterocycles. The molecule has 0 aromatic rings. The summed E-state index contributed by atoms with van der Waals surface area (Å²) in [6.07, 6.45) is 2.89. The number of nitrogens with one attached hydrogen (secondary N) is 1. The second-order valence-electron chi connectivity index (χ2n) is 4.33. The van der Waals surface area contributed by atoms with Crippen molar-refractivity contribution in [3.63, 3.8) is 0 Å². The summed E-state index contributed by atoms with van der Waals surface area (Å²) in [5.41, 5.74) is 0. The SMILES string of the molecule is CC(CO)CNCCC(=O)N1CCCC1. The smallest absolute Gasteiger partial charge is 0.223 e. The monoisotopic (exact) mass is 214 g/mol. The maximum atomic E-state index is 11.6. The quantitative estimate of drug-likeness (QED) is 0.622. The zero-order chi connectivity index (χ0) is 11.1. The predicted molar refractivity (Wildman–Crippen MR) is 59.6 cm³/mol. The second-order valence-corrected chi connectivity index (χ2v) is 4.33. The van der Waals surface area contributed by atoms with Gasteiger partial charge in [-0.15, -0.1) is 0 Å². The van der Waals surface area contributed by atoms with E-state index in [-0.39, 0.29) is 18.4 Å². The lowest BCUT2D eigenvalue weighted by atomic mass is 10.2. The molecule has 0 spiro atoms. The van der Waals surface area contributed by atoms with Crippen molar-refractivity contribution in [3.05, 3.63) is 0 Å². The molecular formula is C11H22N2O2. The van der Waals surface area contributed by atoms with Crippen LogP contribution in [0.25, 0.3) is 0 Å². The Balaban J connectivity index is 2.01. The molecule has 4 heteroatoms. The average Bonchev–Trinajstić information content (AvgIpc) is 2.77. The van der Waals surface area contributed by atoms with E-state index in [2.05, 4.69) is 5.32 Å². The van der Waals surface area contributed by atoms with E-state index in [1.807, 2.05) is 11.8 Å². The first-order valence-corrected chi connectivity index (χ1v) is 5.83. The predicted octanol–water partition coefficient (Wildman–Crippen LogP) is 0.217. The molecule has 88 valence electrons. The van der Waals surface area contributed by atoms with Gasteiger partial charge in [0.2, 0.25) is 5.91 Å². The Kier molecular flexibility index (Phi) is 5.65. The van der Waals surface area contributed by atoms with E-state index in [9.17, 15) is 4.79 Å². The van der Waals surface area contributed by atoms with Crippen LogP contribution in [0.2, 0.25) is 0 Å². The number of carbonyl (C=O) groups is 1. The molecule has 0 aromatic carbocycles. The van der Waals surface area contributed by atoms with E-state index in [1.165, 1.54) is 0 Å². The Hall–Kier alpha value is -0.610. The fourth-order valence-corrected chi connectivity index (χ4v) is 1.73. The fourth-order valence-electron chi connectivity index (χ4n) is 1.73. The molecule has 0 radical (unpaired) electrons. The first kappa shape index (κ1) is 12.5. The molecule has 0 saturated carbocycles. The summed E-state index contributed by atoms with van der Waals surface area (Å²) in [4.78, 5) is 13.5. The lowest BCUT2D eigenvalue weighted by Crippen LogP contribution is -2.32. The highest BCUT2D eigenvalue weighted by Gasteiger charge is 2.16. The molecule has 0 aromatic heterocycles. The summed E-state index contributed by atoms with van der Waals surface area (Å²) in [5, 5.41) is 12.0. The standard InChI is InChI=1S/C11H22N2O2/c1-10(9-14)8-12-5-4-11(15)13-6-2-3-7-13/h10,12,14H,2-9H2,1H3. The number of nitrogens with zero attached hydrogens (tertiary/aromatic N) is 1. The molecule has 15 heavy (non-hydrogen) atoms. The van der Waals surface area contributed by atoms with E-state index in [0.29, 0.717) is 6.42 Å². The van der Waals surface area contributed by atoms with Crippen LogP contribution in [0, 0.1) is 5.92 Å². The van der Waals surface area contributed by atoms with Crippen molar-refractivity contribution in [3.8, 4) is 0 Å². The molecule has 1 amide bonds. The van der Waals surface area contributed by atoms with E-state index in [4.69, 9.17) is 5.11 Å². The largest absolute Gasteiger partial charge is 0.396 e. The summed E-state index contributed by atoms with van der Waals surface area (Å²) in [5.74, 6) is 0.531. The van der Waals surface area contributed by atoms with Gasteiger partial charge < -0.3 is 15.3 Å². The molecule has 1 aliphatic heterocycles. The number of hydrogen-bond donors (Lipinski definition) is 2. The number of amides is 1. The number of likely N-dealkylation sites (tertiary alicyclic amines) is 1. The summed E-state index contributed by atoms with van der Waals surface area (Å²) < 4.78 is 0. The molecule has 4 nitrogen and oxygen atoms in total. The fraction of sp³-hybridized carbons (Fsp3) is 0.909. The van der Waals surface area contributed by atoms with Crippen molar-refractivity contribution in [1.29, 1.82) is 0 Å². The highest BCUT2D eigenvalue weighted by molar-refractivity contribution is 5.76. The number of hydrogen-bond acceptors (Lipinski definition) is 3. The summed E-state index contributed by atoms with van der Waals surface area (Å²) in [6.45, 7) is 5.56. The Morgan fingerprint density at radius 3 is 2.73 bits per heavy atom. The first-order valence-electron chi connectivity index (χ1n) is 5.83. The third-order valence-electron chi connectivity index (χ3n) is 2.78. The van der Waals surface area contributed by atoms with Gasteiger partial charge in [-0.25, -0.2) is 0 Å². The maximum absolute atomic E-state index is 11.6. The number of aliphatic hydroxyl groups excluding tert-OH is 1. The highest BCUT2D eigenvalue weighted by atomic mass is 16.3. The average molecular weight is 214 g/mol. The van der Waals surface area contributed by atoms with Crippen molar-refractivity contribution in [2.24, 2.45) is 5.92 Å². The maximum Gasteiger partial charge on any atom is 0.223 e. The normalized spacial score (nSPS) is 18.1. The first-order chi connectivity index (χ1) is 7.24. The van der Waals surface area contributed by atoms with Gasteiger partial charge in [-0.2, -0.15) is 0 Å². The molecule has 1 fully saturated rings. The van der Waals surface area contributed by atoms with Crippen LogP contribution >= 0.6 is 0 Å². The third-order valence-corrected chi connectivity index (χ3v) is 2.78. The Labute approximate surface area is 91.6 Å². The molecule has 0 bridgehead atoms. The van der Waals surface area contributed by atoms with Crippen LogP contribution in [0.15, 0.2) is 0 Å². The van der Waals surface area contributed by atoms with Crippen molar-refractivity contribution in [2.45, 2.75) is 26.2 Å². The summed E-state index contributed by atoms with van der Waals surface area (Å²) >= 11 is 0. The lowest BCUT2D eigenvalue weighted by molar-refractivity contribution is -0.130. The van der Waals surface area contributed by atoms with Gasteiger partial charge in [0, 0.05) is 32.7 Å². The van der Waals surface area contributed by atoms with E-state index < -0.39 is 0 Å². The molecule has 2 N–H and O–H groups in total. The van der Waals surface area contributed by atoms with Crippen LogP contribution in [0.5, 0.6) is 0 Å². The molecule has 0 aliphatic carbocycles.